The van der Waals surface area contributed by atoms with Crippen molar-refractivity contribution in [3.8, 4) is 0 Å². The normalized spacial score (nSPS) is 53.5. The molecule has 21 heavy (non-hydrogen) atoms. The smallest absolute Gasteiger partial charge is 0.133 e. The number of aliphatic hydroxyl groups is 1. The molecule has 4 aliphatic rings. The first-order chi connectivity index (χ1) is 10.1. The van der Waals surface area contributed by atoms with E-state index in [0.717, 1.165) is 49.4 Å². The Morgan fingerprint density at radius 1 is 1.05 bits per heavy atom. The Kier molecular flexibility index (Phi) is 3.44. The van der Waals surface area contributed by atoms with E-state index in [-0.39, 0.29) is 6.10 Å². The third-order valence-corrected chi connectivity index (χ3v) is 7.97. The van der Waals surface area contributed by atoms with Gasteiger partial charge in [0.1, 0.15) is 5.78 Å². The molecule has 0 radical (unpaired) electrons. The first-order valence-electron chi connectivity index (χ1n) is 9.27. The zero-order valence-corrected chi connectivity index (χ0v) is 13.4. The summed E-state index contributed by atoms with van der Waals surface area (Å²) in [5.41, 5.74) is 0.481. The molecule has 0 aromatic carbocycles. The first kappa shape index (κ1) is 14.2. The number of hydrogen-bond acceptors (Lipinski definition) is 2. The lowest BCUT2D eigenvalue weighted by molar-refractivity contribution is -0.134. The maximum Gasteiger partial charge on any atom is 0.133 e. The predicted octanol–water partition coefficient (Wildman–Crippen LogP) is 3.96. The average Bonchev–Trinajstić information content (AvgIpc) is 2.47. The van der Waals surface area contributed by atoms with Crippen molar-refractivity contribution < 1.29 is 9.90 Å². The van der Waals surface area contributed by atoms with Gasteiger partial charge in [0.2, 0.25) is 0 Å². The lowest BCUT2D eigenvalue weighted by atomic mass is 9.46. The number of rotatable bonds is 0. The summed E-state index contributed by atoms with van der Waals surface area (Å²) in [5, 5.41) is 10.0. The van der Waals surface area contributed by atoms with Gasteiger partial charge in [0.25, 0.3) is 0 Å². The SMILES string of the molecule is C[C@@]12CC[C@H](O)C[C@H]1CC[C@@H]1[C@H]3CCC(=O)C[C@@H]3CC[C@H]12. The number of aliphatic hydroxyl groups excluding tert-OH is 1. The summed E-state index contributed by atoms with van der Waals surface area (Å²) in [6.07, 6.45) is 11.5. The molecule has 4 rings (SSSR count). The van der Waals surface area contributed by atoms with Crippen molar-refractivity contribution in [3.05, 3.63) is 0 Å². The number of hydrogen-bond donors (Lipinski definition) is 1. The summed E-state index contributed by atoms with van der Waals surface area (Å²) >= 11 is 0. The Bertz CT molecular complexity index is 431. The lowest BCUT2D eigenvalue weighted by Gasteiger charge is -2.59. The number of carbonyl (C=O) groups is 1. The monoisotopic (exact) mass is 290 g/mol. The summed E-state index contributed by atoms with van der Waals surface area (Å²) < 4.78 is 0. The highest BCUT2D eigenvalue weighted by molar-refractivity contribution is 5.79. The van der Waals surface area contributed by atoms with Gasteiger partial charge < -0.3 is 5.11 Å². The second-order valence-corrected chi connectivity index (χ2v) is 8.76. The minimum absolute atomic E-state index is 0.0386. The van der Waals surface area contributed by atoms with E-state index in [1.807, 2.05) is 0 Å². The van der Waals surface area contributed by atoms with Crippen LogP contribution >= 0.6 is 0 Å². The van der Waals surface area contributed by atoms with Crippen molar-refractivity contribution in [2.24, 2.45) is 35.0 Å². The zero-order valence-electron chi connectivity index (χ0n) is 13.4. The molecule has 118 valence electrons. The van der Waals surface area contributed by atoms with Crippen molar-refractivity contribution in [3.63, 3.8) is 0 Å². The molecule has 0 bridgehead atoms. The molecule has 0 heterocycles. The van der Waals surface area contributed by atoms with E-state index in [9.17, 15) is 9.90 Å². The van der Waals surface area contributed by atoms with Gasteiger partial charge in [-0.3, -0.25) is 4.79 Å². The fraction of sp³-hybridized carbons (Fsp3) is 0.947. The van der Waals surface area contributed by atoms with Gasteiger partial charge in [-0.15, -0.1) is 0 Å². The van der Waals surface area contributed by atoms with E-state index in [4.69, 9.17) is 0 Å². The molecular weight excluding hydrogens is 260 g/mol. The van der Waals surface area contributed by atoms with Crippen LogP contribution in [0.4, 0.5) is 0 Å². The van der Waals surface area contributed by atoms with Crippen molar-refractivity contribution in [1.82, 2.24) is 0 Å². The molecule has 1 N–H and O–H groups in total. The van der Waals surface area contributed by atoms with Crippen LogP contribution in [0.1, 0.15) is 71.1 Å². The van der Waals surface area contributed by atoms with Gasteiger partial charge in [-0.1, -0.05) is 6.92 Å². The molecule has 4 fully saturated rings. The van der Waals surface area contributed by atoms with Crippen LogP contribution in [0.2, 0.25) is 0 Å². The van der Waals surface area contributed by atoms with Crippen molar-refractivity contribution in [2.75, 3.05) is 0 Å². The Morgan fingerprint density at radius 2 is 1.90 bits per heavy atom. The van der Waals surface area contributed by atoms with E-state index >= 15 is 0 Å². The van der Waals surface area contributed by atoms with Crippen molar-refractivity contribution in [1.29, 1.82) is 0 Å². The number of carbonyl (C=O) groups excluding carboxylic acids is 1. The molecule has 7 atom stereocenters. The molecule has 4 saturated carbocycles. The molecule has 0 spiro atoms. The van der Waals surface area contributed by atoms with Crippen LogP contribution in [0.15, 0.2) is 0 Å². The molecule has 0 saturated heterocycles. The molecule has 0 amide bonds. The summed E-state index contributed by atoms with van der Waals surface area (Å²) in [6, 6.07) is 0. The number of Topliss-reactive ketones (excluding diaryl/α,β-unsaturated/α-hetero) is 1. The van der Waals surface area contributed by atoms with Gasteiger partial charge >= 0.3 is 0 Å². The maximum absolute atomic E-state index is 11.8. The fourth-order valence-electron chi connectivity index (χ4n) is 6.86. The molecular formula is C19H30O2. The summed E-state index contributed by atoms with van der Waals surface area (Å²) in [5.74, 6) is 4.58. The van der Waals surface area contributed by atoms with Crippen LogP contribution in [-0.2, 0) is 4.79 Å². The third-order valence-electron chi connectivity index (χ3n) is 7.97. The second-order valence-electron chi connectivity index (χ2n) is 8.76. The van der Waals surface area contributed by atoms with Gasteiger partial charge in [0.15, 0.2) is 0 Å². The van der Waals surface area contributed by atoms with Crippen LogP contribution in [0.5, 0.6) is 0 Å². The van der Waals surface area contributed by atoms with E-state index in [2.05, 4.69) is 6.92 Å². The Labute approximate surface area is 128 Å². The van der Waals surface area contributed by atoms with Crippen molar-refractivity contribution >= 4 is 5.78 Å². The quantitative estimate of drug-likeness (QED) is 0.733. The first-order valence-corrected chi connectivity index (χ1v) is 9.27. The average molecular weight is 290 g/mol. The molecule has 0 aliphatic heterocycles. The van der Waals surface area contributed by atoms with E-state index in [0.29, 0.717) is 17.1 Å². The van der Waals surface area contributed by atoms with Crippen LogP contribution in [0.25, 0.3) is 0 Å². The van der Waals surface area contributed by atoms with Crippen molar-refractivity contribution in [2.45, 2.75) is 77.2 Å². The molecule has 2 nitrogen and oxygen atoms in total. The van der Waals surface area contributed by atoms with E-state index < -0.39 is 0 Å². The molecule has 0 unspecified atom stereocenters. The zero-order chi connectivity index (χ0) is 14.6. The fourth-order valence-corrected chi connectivity index (χ4v) is 6.86. The summed E-state index contributed by atoms with van der Waals surface area (Å²) in [4.78, 5) is 11.8. The van der Waals surface area contributed by atoms with Gasteiger partial charge in [-0.2, -0.15) is 0 Å². The van der Waals surface area contributed by atoms with Gasteiger partial charge in [-0.05, 0) is 86.4 Å². The second kappa shape index (κ2) is 5.08. The Hall–Kier alpha value is -0.370. The molecule has 0 aromatic heterocycles. The van der Waals surface area contributed by atoms with Crippen LogP contribution < -0.4 is 0 Å². The van der Waals surface area contributed by atoms with Crippen LogP contribution in [0.3, 0.4) is 0 Å². The summed E-state index contributed by atoms with van der Waals surface area (Å²) in [7, 11) is 0. The minimum atomic E-state index is -0.0386. The Balaban J connectivity index is 1.57. The van der Waals surface area contributed by atoms with E-state index in [1.54, 1.807) is 0 Å². The molecule has 0 aromatic rings. The van der Waals surface area contributed by atoms with E-state index in [1.165, 1.54) is 38.5 Å². The van der Waals surface area contributed by atoms with Gasteiger partial charge in [0, 0.05) is 12.8 Å². The maximum atomic E-state index is 11.8. The largest absolute Gasteiger partial charge is 0.393 e. The highest BCUT2D eigenvalue weighted by atomic mass is 16.3. The Morgan fingerprint density at radius 3 is 2.76 bits per heavy atom. The summed E-state index contributed by atoms with van der Waals surface area (Å²) in [6.45, 7) is 2.54. The highest BCUT2D eigenvalue weighted by Crippen LogP contribution is 2.62. The predicted molar refractivity (Wildman–Crippen MR) is 82.7 cm³/mol. The molecule has 2 heteroatoms. The number of fused-ring (bicyclic) bond motifs is 5. The van der Waals surface area contributed by atoms with Gasteiger partial charge in [0.05, 0.1) is 6.10 Å². The standard InChI is InChI=1S/C19H30O2/c1-19-9-8-15(21)11-13(19)3-5-17-16-6-4-14(20)10-12(16)2-7-18(17)19/h12-13,15-18,21H,2-11H2,1H3/t12-,13+,15-,16-,17+,18+,19+/m0/s1. The third kappa shape index (κ3) is 2.20. The number of ketones is 1. The molecule has 4 aliphatic carbocycles. The van der Waals surface area contributed by atoms with Gasteiger partial charge in [-0.25, -0.2) is 0 Å². The lowest BCUT2D eigenvalue weighted by Crippen LogP contribution is -2.53. The van der Waals surface area contributed by atoms with Crippen LogP contribution in [0, 0.1) is 35.0 Å². The topological polar surface area (TPSA) is 37.3 Å². The highest BCUT2D eigenvalue weighted by Gasteiger charge is 2.54. The van der Waals surface area contributed by atoms with Crippen LogP contribution in [-0.4, -0.2) is 17.0 Å². The minimum Gasteiger partial charge on any atom is -0.393 e.